The minimum atomic E-state index is 1.14. The average Bonchev–Trinajstić information content (AvgIpc) is 3.78. The summed E-state index contributed by atoms with van der Waals surface area (Å²) in [5.74, 6) is 0. The van der Waals surface area contributed by atoms with Crippen LogP contribution in [0.3, 0.4) is 0 Å². The van der Waals surface area contributed by atoms with Gasteiger partial charge in [-0.3, -0.25) is 0 Å². The van der Waals surface area contributed by atoms with Gasteiger partial charge in [0.25, 0.3) is 0 Å². The first kappa shape index (κ1) is 35.8. The normalized spacial score (nSPS) is 11.8. The van der Waals surface area contributed by atoms with Crippen LogP contribution in [0.2, 0.25) is 0 Å². The van der Waals surface area contributed by atoms with Gasteiger partial charge in [-0.15, -0.1) is 0 Å². The molecule has 0 aliphatic carbocycles. The van der Waals surface area contributed by atoms with Crippen LogP contribution in [-0.2, 0) is 0 Å². The average molecular weight is 735 g/mol. The number of para-hydroxylation sites is 1. The maximum absolute atomic E-state index is 2.43. The Hall–Kier alpha value is -6.90. The first-order valence-electron chi connectivity index (χ1n) is 20.1. The van der Waals surface area contributed by atoms with Crippen molar-refractivity contribution in [2.75, 3.05) is 0 Å². The molecule has 0 amide bonds. The Labute approximate surface area is 335 Å². The minimum Gasteiger partial charge on any atom is -0.310 e. The molecule has 0 bridgehead atoms. The molecule has 276 valence electrons. The van der Waals surface area contributed by atoms with Crippen LogP contribution < -0.4 is 0 Å². The number of hydrogen-bond donors (Lipinski definition) is 0. The summed E-state index contributed by atoms with van der Waals surface area (Å²) >= 11 is 0. The van der Waals surface area contributed by atoms with Gasteiger partial charge >= 0.3 is 0 Å². The third kappa shape index (κ3) is 6.15. The van der Waals surface area contributed by atoms with Gasteiger partial charge in [-0.25, -0.2) is 0 Å². The molecule has 0 saturated heterocycles. The number of aryl methyl sites for hydroxylation is 2. The number of rotatable bonds is 6. The summed E-state index contributed by atoms with van der Waals surface area (Å²) in [6.45, 7) is 10.4. The van der Waals surface area contributed by atoms with Gasteiger partial charge in [0.15, 0.2) is 0 Å². The minimum absolute atomic E-state index is 1.14. The zero-order valence-corrected chi connectivity index (χ0v) is 33.3. The van der Waals surface area contributed by atoms with Crippen LogP contribution in [-0.4, -0.2) is 9.13 Å². The summed E-state index contributed by atoms with van der Waals surface area (Å²) < 4.78 is 4.78. The van der Waals surface area contributed by atoms with Crippen LogP contribution in [0.5, 0.6) is 0 Å². The second-order valence-electron chi connectivity index (χ2n) is 14.7. The van der Waals surface area contributed by atoms with E-state index in [4.69, 9.17) is 0 Å². The Morgan fingerprint density at radius 1 is 0.404 bits per heavy atom. The maximum atomic E-state index is 2.43. The molecule has 0 fully saturated rings. The summed E-state index contributed by atoms with van der Waals surface area (Å²) in [7, 11) is 0. The molecular weight excluding hydrogens is 689 g/mol. The van der Waals surface area contributed by atoms with Crippen molar-refractivity contribution in [2.24, 2.45) is 0 Å². The molecule has 2 nitrogen and oxygen atoms in total. The fraction of sp³-hybridized carbons (Fsp3) is 0.0909. The molecule has 0 spiro atoms. The topological polar surface area (TPSA) is 9.86 Å². The van der Waals surface area contributed by atoms with Crippen molar-refractivity contribution in [2.45, 2.75) is 34.6 Å². The van der Waals surface area contributed by atoms with E-state index in [0.717, 1.165) is 11.4 Å². The first-order valence-corrected chi connectivity index (χ1v) is 20.1. The number of nitrogens with zero attached hydrogens (tertiary/aromatic N) is 2. The van der Waals surface area contributed by atoms with Crippen LogP contribution in [0.4, 0.5) is 0 Å². The lowest BCUT2D eigenvalue weighted by Gasteiger charge is -2.18. The summed E-state index contributed by atoms with van der Waals surface area (Å²) in [6.07, 6.45) is 8.43. The molecule has 0 saturated carbocycles. The Morgan fingerprint density at radius 3 is 1.35 bits per heavy atom. The number of aromatic nitrogens is 2. The number of hydrogen-bond acceptors (Lipinski definition) is 0. The largest absolute Gasteiger partial charge is 0.310 e. The number of allylic oxidation sites excluding steroid dienone is 3. The Bertz CT molecular complexity index is 3030. The highest BCUT2D eigenvalue weighted by Crippen LogP contribution is 2.44. The van der Waals surface area contributed by atoms with Crippen molar-refractivity contribution in [1.29, 1.82) is 0 Å². The van der Waals surface area contributed by atoms with Crippen molar-refractivity contribution in [3.63, 3.8) is 0 Å². The van der Waals surface area contributed by atoms with Gasteiger partial charge in [0.05, 0.1) is 16.6 Å². The van der Waals surface area contributed by atoms with E-state index in [1.165, 1.54) is 93.3 Å². The molecule has 2 heteroatoms. The lowest BCUT2D eigenvalue weighted by Crippen LogP contribution is -1.97. The smallest absolute Gasteiger partial charge is 0.0543 e. The van der Waals surface area contributed by atoms with Gasteiger partial charge in [-0.1, -0.05) is 147 Å². The van der Waals surface area contributed by atoms with E-state index in [1.807, 2.05) is 20.8 Å². The molecule has 0 unspecified atom stereocenters. The zero-order valence-electron chi connectivity index (χ0n) is 33.3. The SMILES string of the molecule is C/C=C\C=C/c1cc2ccccc2n1-c1ccc(-c2c3ccccc3c(-c3ccc(-n4c5cc(C)ccc5c5ccc(C)cc54)cc3)c3ccccc23)cc1.CC. The third-order valence-corrected chi connectivity index (χ3v) is 11.1. The van der Waals surface area contributed by atoms with Crippen LogP contribution in [0.15, 0.2) is 182 Å². The van der Waals surface area contributed by atoms with E-state index in [9.17, 15) is 0 Å². The van der Waals surface area contributed by atoms with Crippen LogP contribution >= 0.6 is 0 Å². The van der Waals surface area contributed by atoms with Crippen LogP contribution in [0.25, 0.3) is 94.0 Å². The third-order valence-electron chi connectivity index (χ3n) is 11.1. The molecule has 57 heavy (non-hydrogen) atoms. The Morgan fingerprint density at radius 2 is 0.860 bits per heavy atom. The summed E-state index contributed by atoms with van der Waals surface area (Å²) in [5.41, 5.74) is 14.6. The fourth-order valence-electron chi connectivity index (χ4n) is 8.67. The molecular formula is C55H46N2. The highest BCUT2D eigenvalue weighted by atomic mass is 15.0. The van der Waals surface area contributed by atoms with E-state index in [2.05, 4.69) is 211 Å². The monoisotopic (exact) mass is 734 g/mol. The van der Waals surface area contributed by atoms with E-state index in [-0.39, 0.29) is 0 Å². The van der Waals surface area contributed by atoms with Crippen molar-refractivity contribution in [1.82, 2.24) is 9.13 Å². The molecule has 0 aliphatic heterocycles. The molecule has 0 radical (unpaired) electrons. The zero-order chi connectivity index (χ0) is 39.0. The number of benzene rings is 8. The number of fused-ring (bicyclic) bond motifs is 6. The van der Waals surface area contributed by atoms with Gasteiger partial charge < -0.3 is 9.13 Å². The van der Waals surface area contributed by atoms with Gasteiger partial charge in [-0.2, -0.15) is 0 Å². The first-order chi connectivity index (χ1) is 28.1. The van der Waals surface area contributed by atoms with Crippen molar-refractivity contribution in [3.8, 4) is 33.6 Å². The molecule has 2 heterocycles. The van der Waals surface area contributed by atoms with Crippen molar-refractivity contribution < 1.29 is 0 Å². The second kappa shape index (κ2) is 15.0. The molecule has 10 aromatic rings. The van der Waals surface area contributed by atoms with Gasteiger partial charge in [0.2, 0.25) is 0 Å². The summed E-state index contributed by atoms with van der Waals surface area (Å²) in [5, 5.41) is 8.81. The van der Waals surface area contributed by atoms with Crippen LogP contribution in [0, 0.1) is 13.8 Å². The van der Waals surface area contributed by atoms with Gasteiger partial charge in [0, 0.05) is 33.2 Å². The van der Waals surface area contributed by atoms with E-state index >= 15 is 0 Å². The molecule has 8 aromatic carbocycles. The lowest BCUT2D eigenvalue weighted by atomic mass is 9.86. The van der Waals surface area contributed by atoms with Crippen LogP contribution in [0.1, 0.15) is 37.6 Å². The standard InChI is InChI=1S/C53H40N2.C2H6/c1-4-5-6-14-42-34-39-13-7-12-19-49(39)54(42)40-26-22-37(23-27-40)52-45-15-8-10-17-47(45)53(48-18-11-9-16-46(48)52)38-24-28-41(29-25-38)55-50-32-35(2)20-30-43(50)44-31-21-36(3)33-51(44)55;1-2/h4-34H,1-3H3;1-2H3/b5-4-,14-6-;. The Kier molecular flexibility index (Phi) is 9.40. The fourth-order valence-corrected chi connectivity index (χ4v) is 8.67. The summed E-state index contributed by atoms with van der Waals surface area (Å²) in [4.78, 5) is 0. The molecule has 0 N–H and O–H groups in total. The van der Waals surface area contributed by atoms with Gasteiger partial charge in [0.1, 0.15) is 0 Å². The molecule has 0 atom stereocenters. The van der Waals surface area contributed by atoms with E-state index < -0.39 is 0 Å². The highest BCUT2D eigenvalue weighted by Gasteiger charge is 2.18. The second-order valence-corrected chi connectivity index (χ2v) is 14.7. The van der Waals surface area contributed by atoms with Crippen molar-refractivity contribution in [3.05, 3.63) is 199 Å². The Balaban J connectivity index is 0.00000208. The molecule has 0 aliphatic rings. The van der Waals surface area contributed by atoms with Gasteiger partial charge in [-0.05, 0) is 130 Å². The quantitative estimate of drug-likeness (QED) is 0.119. The molecule has 2 aromatic heterocycles. The maximum Gasteiger partial charge on any atom is 0.0543 e. The van der Waals surface area contributed by atoms with E-state index in [1.54, 1.807) is 0 Å². The van der Waals surface area contributed by atoms with E-state index in [0.29, 0.717) is 0 Å². The predicted octanol–water partition coefficient (Wildman–Crippen LogP) is 15.6. The summed E-state index contributed by atoms with van der Waals surface area (Å²) in [6, 6.07) is 60.6. The molecule has 10 rings (SSSR count). The predicted molar refractivity (Wildman–Crippen MR) is 248 cm³/mol. The lowest BCUT2D eigenvalue weighted by molar-refractivity contribution is 1.11. The highest BCUT2D eigenvalue weighted by molar-refractivity contribution is 6.21. The van der Waals surface area contributed by atoms with Crippen molar-refractivity contribution >= 4 is 60.3 Å².